The summed E-state index contributed by atoms with van der Waals surface area (Å²) >= 11 is 0. The fourth-order valence-electron chi connectivity index (χ4n) is 2.42. The lowest BCUT2D eigenvalue weighted by Crippen LogP contribution is -1.97. The number of ether oxygens (including phenoxy) is 2. The van der Waals surface area contributed by atoms with Crippen LogP contribution in [-0.4, -0.2) is 17.7 Å². The summed E-state index contributed by atoms with van der Waals surface area (Å²) in [6, 6.07) is 12.7. The van der Waals surface area contributed by atoms with Gasteiger partial charge < -0.3 is 14.6 Å². The van der Waals surface area contributed by atoms with Crippen molar-refractivity contribution >= 4 is 17.8 Å². The summed E-state index contributed by atoms with van der Waals surface area (Å²) in [6.07, 6.45) is 3.44. The minimum Gasteiger partial charge on any atom is -0.504 e. The van der Waals surface area contributed by atoms with Gasteiger partial charge in [0.1, 0.15) is 5.76 Å². The number of cyclic esters (lactones) is 1. The number of aromatic hydroxyl groups is 1. The van der Waals surface area contributed by atoms with Crippen LogP contribution in [0.25, 0.3) is 11.8 Å². The molecule has 1 N–H and O–H groups in total. The SMILES string of the molecule is CCOc1cc(C=C2C=C(c3ccc(C)cc3)OC2=O)ccc1O. The quantitative estimate of drug-likeness (QED) is 0.681. The standard InChI is InChI=1S/C20H18O4/c1-3-23-19-11-14(6-9-17(19)21)10-16-12-18(24-20(16)22)15-7-4-13(2)5-8-15/h4-12,21H,3H2,1-2H3. The lowest BCUT2D eigenvalue weighted by molar-refractivity contribution is -0.130. The number of benzene rings is 2. The van der Waals surface area contributed by atoms with Gasteiger partial charge in [-0.3, -0.25) is 0 Å². The van der Waals surface area contributed by atoms with Gasteiger partial charge in [-0.25, -0.2) is 4.79 Å². The van der Waals surface area contributed by atoms with Gasteiger partial charge in [-0.2, -0.15) is 0 Å². The fraction of sp³-hybridized carbons (Fsp3) is 0.150. The van der Waals surface area contributed by atoms with Crippen LogP contribution in [0.2, 0.25) is 0 Å². The highest BCUT2D eigenvalue weighted by molar-refractivity contribution is 6.05. The number of hydrogen-bond donors (Lipinski definition) is 1. The molecule has 0 bridgehead atoms. The Balaban J connectivity index is 1.91. The Morgan fingerprint density at radius 3 is 2.62 bits per heavy atom. The van der Waals surface area contributed by atoms with E-state index in [-0.39, 0.29) is 5.75 Å². The molecular weight excluding hydrogens is 304 g/mol. The molecule has 0 atom stereocenters. The van der Waals surface area contributed by atoms with Crippen molar-refractivity contribution in [3.63, 3.8) is 0 Å². The smallest absolute Gasteiger partial charge is 0.343 e. The molecule has 0 aliphatic carbocycles. The fourth-order valence-corrected chi connectivity index (χ4v) is 2.42. The van der Waals surface area contributed by atoms with Crippen LogP contribution >= 0.6 is 0 Å². The van der Waals surface area contributed by atoms with E-state index >= 15 is 0 Å². The van der Waals surface area contributed by atoms with Crippen LogP contribution < -0.4 is 4.74 Å². The van der Waals surface area contributed by atoms with Gasteiger partial charge in [0.15, 0.2) is 11.5 Å². The molecule has 24 heavy (non-hydrogen) atoms. The number of carbonyl (C=O) groups is 1. The van der Waals surface area contributed by atoms with Crippen LogP contribution in [0.4, 0.5) is 0 Å². The van der Waals surface area contributed by atoms with Crippen molar-refractivity contribution in [3.8, 4) is 11.5 Å². The average Bonchev–Trinajstić information content (AvgIpc) is 2.92. The van der Waals surface area contributed by atoms with Crippen LogP contribution in [0.15, 0.2) is 54.1 Å². The van der Waals surface area contributed by atoms with E-state index in [0.717, 1.165) is 16.7 Å². The summed E-state index contributed by atoms with van der Waals surface area (Å²) < 4.78 is 10.7. The van der Waals surface area contributed by atoms with E-state index in [2.05, 4.69) is 0 Å². The van der Waals surface area contributed by atoms with Gasteiger partial charge in [-0.1, -0.05) is 35.9 Å². The minimum absolute atomic E-state index is 0.0730. The van der Waals surface area contributed by atoms with E-state index in [9.17, 15) is 9.90 Å². The molecule has 4 nitrogen and oxygen atoms in total. The predicted octanol–water partition coefficient (Wildman–Crippen LogP) is 4.08. The van der Waals surface area contributed by atoms with Gasteiger partial charge in [0.25, 0.3) is 0 Å². The van der Waals surface area contributed by atoms with Gasteiger partial charge in [0.05, 0.1) is 12.2 Å². The van der Waals surface area contributed by atoms with E-state index in [4.69, 9.17) is 9.47 Å². The molecule has 0 spiro atoms. The molecule has 3 rings (SSSR count). The number of hydrogen-bond acceptors (Lipinski definition) is 4. The van der Waals surface area contributed by atoms with Crippen LogP contribution in [-0.2, 0) is 9.53 Å². The first-order valence-corrected chi connectivity index (χ1v) is 7.75. The van der Waals surface area contributed by atoms with E-state index in [1.54, 1.807) is 30.4 Å². The zero-order valence-corrected chi connectivity index (χ0v) is 13.6. The number of carbonyl (C=O) groups excluding carboxylic acids is 1. The second kappa shape index (κ2) is 6.62. The summed E-state index contributed by atoms with van der Waals surface area (Å²) in [7, 11) is 0. The molecule has 4 heteroatoms. The molecular formula is C20H18O4. The van der Waals surface area contributed by atoms with Crippen LogP contribution in [0.3, 0.4) is 0 Å². The summed E-state index contributed by atoms with van der Waals surface area (Å²) in [4.78, 5) is 12.1. The highest BCUT2D eigenvalue weighted by Crippen LogP contribution is 2.30. The second-order valence-corrected chi connectivity index (χ2v) is 5.52. The Morgan fingerprint density at radius 1 is 1.17 bits per heavy atom. The molecule has 1 aliphatic rings. The number of esters is 1. The van der Waals surface area contributed by atoms with Crippen molar-refractivity contribution in [2.75, 3.05) is 6.61 Å². The zero-order valence-electron chi connectivity index (χ0n) is 13.6. The van der Waals surface area contributed by atoms with Gasteiger partial charge in [-0.05, 0) is 43.7 Å². The Morgan fingerprint density at radius 2 is 1.92 bits per heavy atom. The molecule has 0 unspecified atom stereocenters. The first-order chi connectivity index (χ1) is 11.6. The maximum absolute atomic E-state index is 12.1. The third-order valence-electron chi connectivity index (χ3n) is 3.67. The molecule has 122 valence electrons. The van der Waals surface area contributed by atoms with Crippen molar-refractivity contribution in [1.29, 1.82) is 0 Å². The first kappa shape index (κ1) is 15.9. The second-order valence-electron chi connectivity index (χ2n) is 5.52. The first-order valence-electron chi connectivity index (χ1n) is 7.75. The van der Waals surface area contributed by atoms with Crippen molar-refractivity contribution in [3.05, 3.63) is 70.8 Å². The largest absolute Gasteiger partial charge is 0.504 e. The number of rotatable bonds is 4. The molecule has 0 saturated carbocycles. The predicted molar refractivity (Wildman–Crippen MR) is 92.5 cm³/mol. The van der Waals surface area contributed by atoms with Crippen LogP contribution in [0.1, 0.15) is 23.6 Å². The molecule has 1 heterocycles. The summed E-state index contributed by atoms with van der Waals surface area (Å²) in [5.74, 6) is 0.608. The Labute approximate surface area is 140 Å². The van der Waals surface area contributed by atoms with E-state index < -0.39 is 5.97 Å². The van der Waals surface area contributed by atoms with Gasteiger partial charge in [0, 0.05) is 5.56 Å². The molecule has 1 aliphatic heterocycles. The van der Waals surface area contributed by atoms with Gasteiger partial charge in [-0.15, -0.1) is 0 Å². The monoisotopic (exact) mass is 322 g/mol. The molecule has 0 amide bonds. The Hall–Kier alpha value is -3.01. The zero-order chi connectivity index (χ0) is 17.1. The normalized spacial score (nSPS) is 15.3. The molecule has 0 fully saturated rings. The third-order valence-corrected chi connectivity index (χ3v) is 3.67. The highest BCUT2D eigenvalue weighted by Gasteiger charge is 2.22. The summed E-state index contributed by atoms with van der Waals surface area (Å²) in [5, 5.41) is 9.74. The number of aryl methyl sites for hydroxylation is 1. The van der Waals surface area contributed by atoms with Crippen molar-refractivity contribution < 1.29 is 19.4 Å². The van der Waals surface area contributed by atoms with Crippen LogP contribution in [0, 0.1) is 6.92 Å². The van der Waals surface area contributed by atoms with Crippen molar-refractivity contribution in [2.24, 2.45) is 0 Å². The Kier molecular flexibility index (Phi) is 4.38. The van der Waals surface area contributed by atoms with E-state index in [1.807, 2.05) is 38.1 Å². The van der Waals surface area contributed by atoms with E-state index in [0.29, 0.717) is 23.7 Å². The van der Waals surface area contributed by atoms with Gasteiger partial charge >= 0.3 is 5.97 Å². The summed E-state index contributed by atoms with van der Waals surface area (Å²) in [6.45, 7) is 4.30. The number of phenols is 1. The molecule has 0 radical (unpaired) electrons. The summed E-state index contributed by atoms with van der Waals surface area (Å²) in [5.41, 5.74) is 3.22. The topological polar surface area (TPSA) is 55.8 Å². The number of phenolic OH excluding ortho intramolecular Hbond substituents is 1. The Bertz CT molecular complexity index is 829. The lowest BCUT2D eigenvalue weighted by atomic mass is 10.1. The average molecular weight is 322 g/mol. The third kappa shape index (κ3) is 3.33. The highest BCUT2D eigenvalue weighted by atomic mass is 16.5. The lowest BCUT2D eigenvalue weighted by Gasteiger charge is -2.06. The van der Waals surface area contributed by atoms with Crippen molar-refractivity contribution in [1.82, 2.24) is 0 Å². The van der Waals surface area contributed by atoms with Crippen molar-refractivity contribution in [2.45, 2.75) is 13.8 Å². The molecule has 0 aromatic heterocycles. The maximum Gasteiger partial charge on any atom is 0.343 e. The maximum atomic E-state index is 12.1. The van der Waals surface area contributed by atoms with Gasteiger partial charge in [0.2, 0.25) is 0 Å². The molecule has 2 aromatic rings. The minimum atomic E-state index is -0.392. The van der Waals surface area contributed by atoms with Crippen LogP contribution in [0.5, 0.6) is 11.5 Å². The molecule has 0 saturated heterocycles. The molecule has 2 aromatic carbocycles. The van der Waals surface area contributed by atoms with E-state index in [1.165, 1.54) is 0 Å².